The highest BCUT2D eigenvalue weighted by atomic mass is 32.2. The van der Waals surface area contributed by atoms with Gasteiger partial charge in [-0.1, -0.05) is 26.7 Å². The van der Waals surface area contributed by atoms with Crippen LogP contribution in [0.5, 0.6) is 0 Å². The summed E-state index contributed by atoms with van der Waals surface area (Å²) < 4.78 is 0. The van der Waals surface area contributed by atoms with E-state index in [1.54, 1.807) is 0 Å². The standard InChI is InChI=1S/C10H21NO2S/c1-3-4-5-9(10(12)13)14-7-8(2)6-11/h8-9H,3-7,11H2,1-2H3,(H,12,13). The summed E-state index contributed by atoms with van der Waals surface area (Å²) in [4.78, 5) is 10.9. The summed E-state index contributed by atoms with van der Waals surface area (Å²) in [5.74, 6) is 0.563. The van der Waals surface area contributed by atoms with Crippen LogP contribution in [0.25, 0.3) is 0 Å². The number of rotatable bonds is 8. The number of carbonyl (C=O) groups is 1. The molecule has 0 saturated heterocycles. The average molecular weight is 219 g/mol. The minimum Gasteiger partial charge on any atom is -0.480 e. The lowest BCUT2D eigenvalue weighted by Crippen LogP contribution is -2.20. The Morgan fingerprint density at radius 2 is 2.21 bits per heavy atom. The third kappa shape index (κ3) is 6.27. The molecule has 84 valence electrons. The molecule has 0 heterocycles. The second-order valence-corrected chi connectivity index (χ2v) is 4.88. The van der Waals surface area contributed by atoms with E-state index >= 15 is 0 Å². The number of carboxylic acid groups (broad SMARTS) is 1. The van der Waals surface area contributed by atoms with E-state index in [4.69, 9.17) is 10.8 Å². The Morgan fingerprint density at radius 1 is 1.57 bits per heavy atom. The number of carboxylic acids is 1. The Kier molecular flexibility index (Phi) is 7.99. The van der Waals surface area contributed by atoms with Gasteiger partial charge >= 0.3 is 5.97 Å². The molecular formula is C10H21NO2S. The van der Waals surface area contributed by atoms with Gasteiger partial charge in [-0.15, -0.1) is 11.8 Å². The smallest absolute Gasteiger partial charge is 0.316 e. The molecule has 0 radical (unpaired) electrons. The molecule has 0 rings (SSSR count). The number of hydrogen-bond donors (Lipinski definition) is 2. The number of aliphatic carboxylic acids is 1. The molecule has 2 atom stereocenters. The maximum atomic E-state index is 10.9. The zero-order valence-electron chi connectivity index (χ0n) is 9.03. The average Bonchev–Trinajstić information content (AvgIpc) is 2.16. The first-order valence-electron chi connectivity index (χ1n) is 5.16. The van der Waals surface area contributed by atoms with Gasteiger partial charge in [0.15, 0.2) is 0 Å². The normalized spacial score (nSPS) is 15.1. The fourth-order valence-electron chi connectivity index (χ4n) is 1.02. The van der Waals surface area contributed by atoms with Crippen molar-refractivity contribution in [3.05, 3.63) is 0 Å². The van der Waals surface area contributed by atoms with Crippen molar-refractivity contribution in [2.45, 2.75) is 38.4 Å². The lowest BCUT2D eigenvalue weighted by atomic mass is 10.2. The minimum absolute atomic E-state index is 0.246. The largest absolute Gasteiger partial charge is 0.480 e. The molecule has 14 heavy (non-hydrogen) atoms. The molecule has 0 aliphatic carbocycles. The molecule has 0 bridgehead atoms. The summed E-state index contributed by atoms with van der Waals surface area (Å²) in [5, 5.41) is 8.69. The Balaban J connectivity index is 3.79. The van der Waals surface area contributed by atoms with E-state index in [9.17, 15) is 4.79 Å². The van der Waals surface area contributed by atoms with Crippen LogP contribution in [-0.2, 0) is 4.79 Å². The van der Waals surface area contributed by atoms with E-state index in [-0.39, 0.29) is 5.25 Å². The fraction of sp³-hybridized carbons (Fsp3) is 0.900. The molecule has 0 fully saturated rings. The molecule has 4 heteroatoms. The minimum atomic E-state index is -0.687. The third-order valence-corrected chi connectivity index (χ3v) is 3.68. The molecule has 0 aromatic carbocycles. The molecule has 0 aliphatic rings. The van der Waals surface area contributed by atoms with Gasteiger partial charge in [0, 0.05) is 0 Å². The molecule has 3 nitrogen and oxygen atoms in total. The van der Waals surface area contributed by atoms with Crippen molar-refractivity contribution in [2.75, 3.05) is 12.3 Å². The third-order valence-electron chi connectivity index (χ3n) is 2.08. The summed E-state index contributed by atoms with van der Waals surface area (Å²) in [5.41, 5.74) is 5.47. The zero-order chi connectivity index (χ0) is 11.0. The molecule has 0 amide bonds. The summed E-state index contributed by atoms with van der Waals surface area (Å²) in [6.45, 7) is 4.75. The van der Waals surface area contributed by atoms with Crippen LogP contribution in [0.2, 0.25) is 0 Å². The van der Waals surface area contributed by atoms with Gasteiger partial charge in [0.25, 0.3) is 0 Å². The van der Waals surface area contributed by atoms with Gasteiger partial charge in [-0.2, -0.15) is 0 Å². The van der Waals surface area contributed by atoms with Crippen molar-refractivity contribution in [3.63, 3.8) is 0 Å². The predicted molar refractivity (Wildman–Crippen MR) is 61.6 cm³/mol. The lowest BCUT2D eigenvalue weighted by molar-refractivity contribution is -0.136. The highest BCUT2D eigenvalue weighted by molar-refractivity contribution is 8.00. The maximum Gasteiger partial charge on any atom is 0.316 e. The summed E-state index contributed by atoms with van der Waals surface area (Å²) in [6.07, 6.45) is 2.81. The molecular weight excluding hydrogens is 198 g/mol. The first-order valence-corrected chi connectivity index (χ1v) is 6.21. The van der Waals surface area contributed by atoms with Gasteiger partial charge in [-0.05, 0) is 24.6 Å². The fourth-order valence-corrected chi connectivity index (χ4v) is 2.19. The van der Waals surface area contributed by atoms with E-state index in [1.165, 1.54) is 11.8 Å². The van der Waals surface area contributed by atoms with Gasteiger partial charge in [0.05, 0.1) is 0 Å². The van der Waals surface area contributed by atoms with E-state index in [2.05, 4.69) is 6.92 Å². The first kappa shape index (κ1) is 13.8. The Bertz CT molecular complexity index is 164. The molecule has 2 unspecified atom stereocenters. The van der Waals surface area contributed by atoms with Gasteiger partial charge in [0.1, 0.15) is 5.25 Å². The van der Waals surface area contributed by atoms with Crippen molar-refractivity contribution < 1.29 is 9.90 Å². The van der Waals surface area contributed by atoms with Gasteiger partial charge < -0.3 is 10.8 Å². The van der Waals surface area contributed by atoms with E-state index in [1.807, 2.05) is 6.92 Å². The summed E-state index contributed by atoms with van der Waals surface area (Å²) >= 11 is 1.52. The van der Waals surface area contributed by atoms with Crippen LogP contribution in [0.15, 0.2) is 0 Å². The van der Waals surface area contributed by atoms with Crippen LogP contribution >= 0.6 is 11.8 Å². The monoisotopic (exact) mass is 219 g/mol. The van der Waals surface area contributed by atoms with Crippen LogP contribution in [0.1, 0.15) is 33.1 Å². The van der Waals surface area contributed by atoms with Crippen LogP contribution in [0.3, 0.4) is 0 Å². The summed E-state index contributed by atoms with van der Waals surface area (Å²) in [6, 6.07) is 0. The molecule has 0 aromatic heterocycles. The molecule has 0 aromatic rings. The first-order chi connectivity index (χ1) is 6.61. The Labute approximate surface area is 90.4 Å². The highest BCUT2D eigenvalue weighted by Crippen LogP contribution is 2.20. The zero-order valence-corrected chi connectivity index (χ0v) is 9.85. The topological polar surface area (TPSA) is 63.3 Å². The molecule has 3 N–H and O–H groups in total. The van der Waals surface area contributed by atoms with Gasteiger partial charge in [-0.25, -0.2) is 0 Å². The second-order valence-electron chi connectivity index (χ2n) is 3.64. The predicted octanol–water partition coefficient (Wildman–Crippen LogP) is 1.96. The molecule has 0 aliphatic heterocycles. The summed E-state index contributed by atoms with van der Waals surface area (Å²) in [7, 11) is 0. The number of thioether (sulfide) groups is 1. The van der Waals surface area contributed by atoms with E-state index in [0.717, 1.165) is 25.0 Å². The quantitative estimate of drug-likeness (QED) is 0.655. The van der Waals surface area contributed by atoms with Crippen molar-refractivity contribution in [2.24, 2.45) is 11.7 Å². The van der Waals surface area contributed by atoms with Crippen molar-refractivity contribution >= 4 is 17.7 Å². The highest BCUT2D eigenvalue weighted by Gasteiger charge is 2.17. The second kappa shape index (κ2) is 8.12. The number of hydrogen-bond acceptors (Lipinski definition) is 3. The molecule has 0 saturated carbocycles. The van der Waals surface area contributed by atoms with Crippen LogP contribution < -0.4 is 5.73 Å². The van der Waals surface area contributed by atoms with E-state index < -0.39 is 5.97 Å². The Morgan fingerprint density at radius 3 is 2.64 bits per heavy atom. The molecule has 0 spiro atoms. The van der Waals surface area contributed by atoms with Gasteiger partial charge in [0.2, 0.25) is 0 Å². The van der Waals surface area contributed by atoms with Crippen LogP contribution in [0.4, 0.5) is 0 Å². The van der Waals surface area contributed by atoms with E-state index in [0.29, 0.717) is 12.5 Å². The van der Waals surface area contributed by atoms with Crippen molar-refractivity contribution in [1.82, 2.24) is 0 Å². The number of unbranched alkanes of at least 4 members (excludes halogenated alkanes) is 1. The Hall–Kier alpha value is -0.220. The lowest BCUT2D eigenvalue weighted by Gasteiger charge is -2.14. The SMILES string of the molecule is CCCCC(SCC(C)CN)C(=O)O. The number of nitrogens with two attached hydrogens (primary N) is 1. The van der Waals surface area contributed by atoms with Gasteiger partial charge in [-0.3, -0.25) is 4.79 Å². The van der Waals surface area contributed by atoms with Crippen molar-refractivity contribution in [1.29, 1.82) is 0 Å². The van der Waals surface area contributed by atoms with Crippen LogP contribution in [0, 0.1) is 5.92 Å². The van der Waals surface area contributed by atoms with Crippen LogP contribution in [-0.4, -0.2) is 28.6 Å². The van der Waals surface area contributed by atoms with Crippen molar-refractivity contribution in [3.8, 4) is 0 Å². The maximum absolute atomic E-state index is 10.9.